The third kappa shape index (κ3) is 2.14. The summed E-state index contributed by atoms with van der Waals surface area (Å²) in [6.07, 6.45) is 13.5. The maximum Gasteiger partial charge on any atom is 0.0919 e. The molecule has 1 heterocycles. The SMILES string of the molecule is CC(C)C1CCC2C3CCC4CC5(CCC4C3CCC12C)CO5. The minimum Gasteiger partial charge on any atom is -0.370 e. The monoisotopic (exact) mass is 316 g/mol. The lowest BCUT2D eigenvalue weighted by molar-refractivity contribution is -0.0750. The Kier molecular flexibility index (Phi) is 3.31. The van der Waals surface area contributed by atoms with Crippen LogP contribution in [0.5, 0.6) is 0 Å². The van der Waals surface area contributed by atoms with E-state index in [1.807, 2.05) is 0 Å². The van der Waals surface area contributed by atoms with Gasteiger partial charge in [-0.1, -0.05) is 20.8 Å². The lowest BCUT2D eigenvalue weighted by atomic mass is 9.49. The van der Waals surface area contributed by atoms with Crippen LogP contribution in [0.15, 0.2) is 0 Å². The lowest BCUT2D eigenvalue weighted by Gasteiger charge is -2.56. The van der Waals surface area contributed by atoms with Crippen LogP contribution in [0.4, 0.5) is 0 Å². The Morgan fingerprint density at radius 3 is 2.39 bits per heavy atom. The molecule has 0 radical (unpaired) electrons. The molecular weight excluding hydrogens is 280 g/mol. The molecule has 5 aliphatic rings. The van der Waals surface area contributed by atoms with Crippen LogP contribution in [0.2, 0.25) is 0 Å². The van der Waals surface area contributed by atoms with Gasteiger partial charge in [-0.05, 0) is 105 Å². The van der Waals surface area contributed by atoms with Gasteiger partial charge in [-0.15, -0.1) is 0 Å². The van der Waals surface area contributed by atoms with Crippen LogP contribution in [0.25, 0.3) is 0 Å². The summed E-state index contributed by atoms with van der Waals surface area (Å²) < 4.78 is 5.85. The summed E-state index contributed by atoms with van der Waals surface area (Å²) in [7, 11) is 0. The third-order valence-electron chi connectivity index (χ3n) is 9.52. The molecule has 5 rings (SSSR count). The van der Waals surface area contributed by atoms with Gasteiger partial charge in [0, 0.05) is 0 Å². The largest absolute Gasteiger partial charge is 0.370 e. The number of hydrogen-bond acceptors (Lipinski definition) is 1. The normalized spacial score (nSPS) is 57.9. The average Bonchev–Trinajstić information content (AvgIpc) is 3.16. The van der Waals surface area contributed by atoms with Gasteiger partial charge in [-0.3, -0.25) is 0 Å². The number of fused-ring (bicyclic) bond motifs is 5. The zero-order valence-electron chi connectivity index (χ0n) is 15.5. The second-order valence-corrected chi connectivity index (χ2v) is 10.6. The van der Waals surface area contributed by atoms with Gasteiger partial charge in [0.05, 0.1) is 12.2 Å². The van der Waals surface area contributed by atoms with Gasteiger partial charge in [0.25, 0.3) is 0 Å². The topological polar surface area (TPSA) is 12.5 Å². The zero-order valence-corrected chi connectivity index (χ0v) is 15.5. The molecule has 4 aliphatic carbocycles. The molecule has 8 unspecified atom stereocenters. The molecule has 0 N–H and O–H groups in total. The van der Waals surface area contributed by atoms with Crippen molar-refractivity contribution in [1.82, 2.24) is 0 Å². The molecule has 23 heavy (non-hydrogen) atoms. The van der Waals surface area contributed by atoms with Gasteiger partial charge in [-0.2, -0.15) is 0 Å². The van der Waals surface area contributed by atoms with E-state index in [-0.39, 0.29) is 0 Å². The summed E-state index contributed by atoms with van der Waals surface area (Å²) in [5, 5.41) is 0. The van der Waals surface area contributed by atoms with Crippen molar-refractivity contribution in [3.8, 4) is 0 Å². The Bertz CT molecular complexity index is 478. The van der Waals surface area contributed by atoms with E-state index in [9.17, 15) is 0 Å². The van der Waals surface area contributed by atoms with Gasteiger partial charge < -0.3 is 4.74 Å². The van der Waals surface area contributed by atoms with Crippen molar-refractivity contribution < 1.29 is 4.74 Å². The number of epoxide rings is 1. The first-order chi connectivity index (χ1) is 11.0. The second-order valence-electron chi connectivity index (χ2n) is 10.6. The van der Waals surface area contributed by atoms with Crippen LogP contribution in [0.1, 0.15) is 78.6 Å². The Labute approximate surface area is 142 Å². The van der Waals surface area contributed by atoms with Crippen molar-refractivity contribution in [2.45, 2.75) is 84.2 Å². The molecule has 4 saturated carbocycles. The fourth-order valence-corrected chi connectivity index (χ4v) is 8.45. The van der Waals surface area contributed by atoms with Crippen LogP contribution in [-0.4, -0.2) is 12.2 Å². The van der Waals surface area contributed by atoms with E-state index in [2.05, 4.69) is 20.8 Å². The van der Waals surface area contributed by atoms with E-state index in [4.69, 9.17) is 4.74 Å². The molecule has 5 fully saturated rings. The van der Waals surface area contributed by atoms with Crippen molar-refractivity contribution in [3.63, 3.8) is 0 Å². The molecule has 0 bridgehead atoms. The molecule has 1 spiro atoms. The number of hydrogen-bond donors (Lipinski definition) is 0. The minimum absolute atomic E-state index is 0.382. The Morgan fingerprint density at radius 2 is 1.65 bits per heavy atom. The van der Waals surface area contributed by atoms with E-state index >= 15 is 0 Å². The molecule has 0 aromatic rings. The van der Waals surface area contributed by atoms with Crippen LogP contribution < -0.4 is 0 Å². The summed E-state index contributed by atoms with van der Waals surface area (Å²) in [6, 6.07) is 0. The van der Waals surface area contributed by atoms with E-state index in [1.54, 1.807) is 19.3 Å². The molecule has 1 aliphatic heterocycles. The molecule has 1 heteroatoms. The zero-order chi connectivity index (χ0) is 15.8. The van der Waals surface area contributed by atoms with Crippen molar-refractivity contribution in [2.24, 2.45) is 46.8 Å². The van der Waals surface area contributed by atoms with Crippen molar-refractivity contribution in [3.05, 3.63) is 0 Å². The Morgan fingerprint density at radius 1 is 0.870 bits per heavy atom. The smallest absolute Gasteiger partial charge is 0.0919 e. The van der Waals surface area contributed by atoms with Crippen molar-refractivity contribution in [1.29, 1.82) is 0 Å². The molecule has 8 atom stereocenters. The van der Waals surface area contributed by atoms with E-state index in [0.29, 0.717) is 11.0 Å². The number of rotatable bonds is 1. The average molecular weight is 317 g/mol. The summed E-state index contributed by atoms with van der Waals surface area (Å²) in [5.74, 6) is 7.18. The molecule has 0 aromatic heterocycles. The van der Waals surface area contributed by atoms with E-state index < -0.39 is 0 Å². The first-order valence-electron chi connectivity index (χ1n) is 10.7. The van der Waals surface area contributed by atoms with Gasteiger partial charge in [-0.25, -0.2) is 0 Å². The second kappa shape index (κ2) is 4.99. The highest BCUT2D eigenvalue weighted by Crippen LogP contribution is 2.66. The maximum atomic E-state index is 5.85. The standard InChI is InChI=1S/C22H36O/c1-14(2)19-6-7-20-18-5-4-15-12-22(13-23-22)11-9-16(15)17(18)8-10-21(19,20)3/h14-20H,4-13H2,1-3H3. The molecule has 1 nitrogen and oxygen atoms in total. The Balaban J connectivity index is 1.37. The highest BCUT2D eigenvalue weighted by atomic mass is 16.6. The predicted molar refractivity (Wildman–Crippen MR) is 94.1 cm³/mol. The Hall–Kier alpha value is -0.0400. The molecule has 0 aromatic carbocycles. The summed E-state index contributed by atoms with van der Waals surface area (Å²) in [4.78, 5) is 0. The minimum atomic E-state index is 0.382. The fraction of sp³-hybridized carbons (Fsp3) is 1.00. The quantitative estimate of drug-likeness (QED) is 0.567. The van der Waals surface area contributed by atoms with Gasteiger partial charge in [0.1, 0.15) is 0 Å². The highest BCUT2D eigenvalue weighted by Gasteiger charge is 2.59. The lowest BCUT2D eigenvalue weighted by Crippen LogP contribution is -2.49. The third-order valence-corrected chi connectivity index (χ3v) is 9.52. The van der Waals surface area contributed by atoms with Gasteiger partial charge in [0.2, 0.25) is 0 Å². The van der Waals surface area contributed by atoms with Crippen molar-refractivity contribution in [2.75, 3.05) is 6.61 Å². The molecule has 130 valence electrons. The van der Waals surface area contributed by atoms with Crippen LogP contribution in [0.3, 0.4) is 0 Å². The molecule has 1 saturated heterocycles. The maximum absolute atomic E-state index is 5.85. The van der Waals surface area contributed by atoms with Gasteiger partial charge >= 0.3 is 0 Å². The summed E-state index contributed by atoms with van der Waals surface area (Å²) in [5.41, 5.74) is 1.06. The van der Waals surface area contributed by atoms with Crippen LogP contribution in [0, 0.1) is 46.8 Å². The predicted octanol–water partition coefficient (Wildman–Crippen LogP) is 5.68. The number of ether oxygens (including phenoxy) is 1. The van der Waals surface area contributed by atoms with E-state index in [0.717, 1.165) is 48.0 Å². The van der Waals surface area contributed by atoms with E-state index in [1.165, 1.54) is 38.5 Å². The fourth-order valence-electron chi connectivity index (χ4n) is 8.45. The van der Waals surface area contributed by atoms with Gasteiger partial charge in [0.15, 0.2) is 0 Å². The summed E-state index contributed by atoms with van der Waals surface area (Å²) in [6.45, 7) is 8.74. The van der Waals surface area contributed by atoms with Crippen LogP contribution in [-0.2, 0) is 4.74 Å². The highest BCUT2D eigenvalue weighted by molar-refractivity contribution is 5.09. The summed E-state index contributed by atoms with van der Waals surface area (Å²) >= 11 is 0. The van der Waals surface area contributed by atoms with Crippen LogP contribution >= 0.6 is 0 Å². The molecule has 0 amide bonds. The first kappa shape index (κ1) is 15.2. The molecular formula is C22H36O. The first-order valence-corrected chi connectivity index (χ1v) is 10.7. The van der Waals surface area contributed by atoms with Crippen molar-refractivity contribution >= 4 is 0 Å².